The molecular formula is C18H19NO3. The lowest BCUT2D eigenvalue weighted by molar-refractivity contribution is 0.0859. The molecule has 0 saturated heterocycles. The normalized spacial score (nSPS) is 16.8. The summed E-state index contributed by atoms with van der Waals surface area (Å²) in [5.74, 6) is 1.70. The lowest BCUT2D eigenvalue weighted by Gasteiger charge is -2.09. The van der Waals surface area contributed by atoms with E-state index in [-0.39, 0.29) is 6.10 Å². The van der Waals surface area contributed by atoms with Gasteiger partial charge in [-0.2, -0.15) is 0 Å². The maximum atomic E-state index is 5.57. The van der Waals surface area contributed by atoms with Crippen LogP contribution >= 0.6 is 0 Å². The molecule has 4 heteroatoms. The van der Waals surface area contributed by atoms with Gasteiger partial charge in [-0.15, -0.1) is 0 Å². The molecule has 0 aromatic heterocycles. The van der Waals surface area contributed by atoms with E-state index in [2.05, 4.69) is 17.3 Å². The van der Waals surface area contributed by atoms with E-state index in [1.807, 2.05) is 36.4 Å². The number of benzene rings is 2. The highest BCUT2D eigenvalue weighted by atomic mass is 16.6. The van der Waals surface area contributed by atoms with Gasteiger partial charge < -0.3 is 14.3 Å². The first-order valence-corrected chi connectivity index (χ1v) is 7.28. The standard InChI is InChI=1S/C18H19NO3/c1-20-15-8-6-13(7-9-15)10-17-12-18(19-22-17)14-4-3-5-16(11-14)21-2/h3-9,11,17H,10,12H2,1-2H3. The second-order valence-electron chi connectivity index (χ2n) is 5.25. The van der Waals surface area contributed by atoms with Gasteiger partial charge in [-0.3, -0.25) is 0 Å². The highest BCUT2D eigenvalue weighted by Crippen LogP contribution is 2.23. The number of hydrogen-bond acceptors (Lipinski definition) is 4. The van der Waals surface area contributed by atoms with Crippen LogP contribution in [0, 0.1) is 0 Å². The summed E-state index contributed by atoms with van der Waals surface area (Å²) < 4.78 is 10.4. The summed E-state index contributed by atoms with van der Waals surface area (Å²) in [6, 6.07) is 16.0. The average molecular weight is 297 g/mol. The van der Waals surface area contributed by atoms with Gasteiger partial charge in [0.2, 0.25) is 0 Å². The zero-order chi connectivity index (χ0) is 15.4. The predicted octanol–water partition coefficient (Wildman–Crippen LogP) is 3.44. The second kappa shape index (κ2) is 6.52. The van der Waals surface area contributed by atoms with Gasteiger partial charge in [-0.25, -0.2) is 0 Å². The van der Waals surface area contributed by atoms with E-state index in [4.69, 9.17) is 14.3 Å². The molecule has 2 aromatic rings. The molecule has 0 radical (unpaired) electrons. The molecule has 1 aliphatic heterocycles. The minimum absolute atomic E-state index is 0.0783. The summed E-state index contributed by atoms with van der Waals surface area (Å²) in [6.45, 7) is 0. The third-order valence-corrected chi connectivity index (χ3v) is 3.76. The van der Waals surface area contributed by atoms with Gasteiger partial charge in [0.15, 0.2) is 0 Å². The molecule has 0 N–H and O–H groups in total. The van der Waals surface area contributed by atoms with E-state index in [0.717, 1.165) is 35.6 Å². The number of rotatable bonds is 5. The van der Waals surface area contributed by atoms with Crippen molar-refractivity contribution in [1.29, 1.82) is 0 Å². The number of ether oxygens (including phenoxy) is 2. The summed E-state index contributed by atoms with van der Waals surface area (Å²) >= 11 is 0. The Kier molecular flexibility index (Phi) is 4.28. The Balaban J connectivity index is 1.63. The highest BCUT2D eigenvalue weighted by molar-refractivity contribution is 6.01. The third kappa shape index (κ3) is 3.22. The Bertz CT molecular complexity index is 664. The molecule has 1 unspecified atom stereocenters. The van der Waals surface area contributed by atoms with Crippen molar-refractivity contribution in [3.8, 4) is 11.5 Å². The van der Waals surface area contributed by atoms with Crippen molar-refractivity contribution >= 4 is 5.71 Å². The summed E-state index contributed by atoms with van der Waals surface area (Å²) in [6.07, 6.45) is 1.72. The summed E-state index contributed by atoms with van der Waals surface area (Å²) in [7, 11) is 3.34. The third-order valence-electron chi connectivity index (χ3n) is 3.76. The van der Waals surface area contributed by atoms with Gasteiger partial charge >= 0.3 is 0 Å². The van der Waals surface area contributed by atoms with Crippen molar-refractivity contribution in [3.05, 3.63) is 59.7 Å². The second-order valence-corrected chi connectivity index (χ2v) is 5.25. The van der Waals surface area contributed by atoms with E-state index >= 15 is 0 Å². The van der Waals surface area contributed by atoms with Gasteiger partial charge in [-0.05, 0) is 29.8 Å². The Hall–Kier alpha value is -2.49. The molecule has 0 saturated carbocycles. The molecule has 2 aromatic carbocycles. The molecule has 4 nitrogen and oxygen atoms in total. The SMILES string of the molecule is COc1ccc(CC2CC(c3cccc(OC)c3)=NO2)cc1. The van der Waals surface area contributed by atoms with Crippen LogP contribution in [0.5, 0.6) is 11.5 Å². The number of nitrogens with zero attached hydrogens (tertiary/aromatic N) is 1. The monoisotopic (exact) mass is 297 g/mol. The molecule has 1 atom stereocenters. The fourth-order valence-electron chi connectivity index (χ4n) is 2.54. The molecule has 3 rings (SSSR count). The van der Waals surface area contributed by atoms with Crippen molar-refractivity contribution < 1.29 is 14.3 Å². The summed E-state index contributed by atoms with van der Waals surface area (Å²) in [5, 5.41) is 4.23. The maximum absolute atomic E-state index is 5.57. The highest BCUT2D eigenvalue weighted by Gasteiger charge is 2.22. The van der Waals surface area contributed by atoms with E-state index in [1.165, 1.54) is 5.56 Å². The van der Waals surface area contributed by atoms with Crippen molar-refractivity contribution in [2.75, 3.05) is 14.2 Å². The molecule has 0 amide bonds. The van der Waals surface area contributed by atoms with Crippen molar-refractivity contribution in [2.24, 2.45) is 5.16 Å². The van der Waals surface area contributed by atoms with Crippen LogP contribution < -0.4 is 9.47 Å². The quantitative estimate of drug-likeness (QED) is 0.848. The van der Waals surface area contributed by atoms with E-state index in [9.17, 15) is 0 Å². The van der Waals surface area contributed by atoms with Crippen molar-refractivity contribution in [2.45, 2.75) is 18.9 Å². The predicted molar refractivity (Wildman–Crippen MR) is 85.7 cm³/mol. The van der Waals surface area contributed by atoms with Crippen LogP contribution in [0.1, 0.15) is 17.5 Å². The van der Waals surface area contributed by atoms with E-state index < -0.39 is 0 Å². The first kappa shape index (κ1) is 14.4. The fourth-order valence-corrected chi connectivity index (χ4v) is 2.54. The van der Waals surface area contributed by atoms with Gasteiger partial charge in [0.25, 0.3) is 0 Å². The largest absolute Gasteiger partial charge is 0.497 e. The van der Waals surface area contributed by atoms with Crippen LogP contribution in [0.15, 0.2) is 53.7 Å². The van der Waals surface area contributed by atoms with E-state index in [1.54, 1.807) is 14.2 Å². The molecule has 22 heavy (non-hydrogen) atoms. The molecule has 1 aliphatic rings. The minimum Gasteiger partial charge on any atom is -0.497 e. The molecule has 1 heterocycles. The summed E-state index contributed by atoms with van der Waals surface area (Å²) in [4.78, 5) is 5.57. The molecule has 0 bridgehead atoms. The lowest BCUT2D eigenvalue weighted by Crippen LogP contribution is -2.11. The van der Waals surface area contributed by atoms with Gasteiger partial charge in [-0.1, -0.05) is 29.4 Å². The topological polar surface area (TPSA) is 40.0 Å². The Morgan fingerprint density at radius 2 is 1.82 bits per heavy atom. The van der Waals surface area contributed by atoms with Crippen LogP contribution in [-0.2, 0) is 11.3 Å². The van der Waals surface area contributed by atoms with Crippen LogP contribution in [0.2, 0.25) is 0 Å². The maximum Gasteiger partial charge on any atom is 0.137 e. The Morgan fingerprint density at radius 3 is 2.55 bits per heavy atom. The van der Waals surface area contributed by atoms with Crippen molar-refractivity contribution in [3.63, 3.8) is 0 Å². The fraction of sp³-hybridized carbons (Fsp3) is 0.278. The van der Waals surface area contributed by atoms with Crippen LogP contribution in [0.25, 0.3) is 0 Å². The Labute approximate surface area is 130 Å². The number of hydrogen-bond donors (Lipinski definition) is 0. The Morgan fingerprint density at radius 1 is 1.05 bits per heavy atom. The minimum atomic E-state index is 0.0783. The zero-order valence-corrected chi connectivity index (χ0v) is 12.8. The van der Waals surface area contributed by atoms with Crippen LogP contribution in [-0.4, -0.2) is 26.0 Å². The van der Waals surface area contributed by atoms with Crippen LogP contribution in [0.3, 0.4) is 0 Å². The van der Waals surface area contributed by atoms with Gasteiger partial charge in [0.05, 0.1) is 19.9 Å². The molecule has 0 fully saturated rings. The molecule has 114 valence electrons. The summed E-state index contributed by atoms with van der Waals surface area (Å²) in [5.41, 5.74) is 3.24. The van der Waals surface area contributed by atoms with Crippen LogP contribution in [0.4, 0.5) is 0 Å². The zero-order valence-electron chi connectivity index (χ0n) is 12.8. The first-order valence-electron chi connectivity index (χ1n) is 7.28. The lowest BCUT2D eigenvalue weighted by atomic mass is 10.00. The number of oxime groups is 1. The smallest absolute Gasteiger partial charge is 0.137 e. The van der Waals surface area contributed by atoms with E-state index in [0.29, 0.717) is 0 Å². The average Bonchev–Trinajstić information content (AvgIpc) is 3.04. The number of methoxy groups -OCH3 is 2. The first-order chi connectivity index (χ1) is 10.8. The molecule has 0 spiro atoms. The molecule has 0 aliphatic carbocycles. The van der Waals surface area contributed by atoms with Gasteiger partial charge in [0, 0.05) is 18.4 Å². The van der Waals surface area contributed by atoms with Crippen molar-refractivity contribution in [1.82, 2.24) is 0 Å². The molecular weight excluding hydrogens is 278 g/mol. The van der Waals surface area contributed by atoms with Gasteiger partial charge in [0.1, 0.15) is 17.6 Å².